The van der Waals surface area contributed by atoms with Crippen LogP contribution in [0, 0.1) is 5.92 Å². The highest BCUT2D eigenvalue weighted by Crippen LogP contribution is 2.34. The predicted octanol–water partition coefficient (Wildman–Crippen LogP) is 3.50. The lowest BCUT2D eigenvalue weighted by Crippen LogP contribution is -2.57. The van der Waals surface area contributed by atoms with Gasteiger partial charge in [0, 0.05) is 37.0 Å². The molecule has 0 aliphatic carbocycles. The van der Waals surface area contributed by atoms with Crippen LogP contribution < -0.4 is 9.47 Å². The molecule has 2 aromatic rings. The van der Waals surface area contributed by atoms with E-state index < -0.39 is 0 Å². The van der Waals surface area contributed by atoms with E-state index >= 15 is 0 Å². The fourth-order valence-corrected chi connectivity index (χ4v) is 4.62. The highest BCUT2D eigenvalue weighted by atomic mass is 16.5. The molecule has 4 rings (SSSR count). The van der Waals surface area contributed by atoms with Crippen LogP contribution in [-0.2, 0) is 22.5 Å². The van der Waals surface area contributed by atoms with Crippen molar-refractivity contribution in [3.05, 3.63) is 59.7 Å². The Bertz CT molecular complexity index is 802. The van der Waals surface area contributed by atoms with Gasteiger partial charge in [0.25, 0.3) is 0 Å². The second-order valence-electron chi connectivity index (χ2n) is 8.04. The lowest BCUT2D eigenvalue weighted by Gasteiger charge is -2.48. The molecule has 2 saturated heterocycles. The smallest absolute Gasteiger partial charge is 0.140 e. The van der Waals surface area contributed by atoms with Crippen molar-refractivity contribution in [3.8, 4) is 11.5 Å². The van der Waals surface area contributed by atoms with Crippen LogP contribution in [0.1, 0.15) is 24.0 Å². The third-order valence-corrected chi connectivity index (χ3v) is 6.12. The molecular formula is C24H29NO4. The molecule has 2 aliphatic heterocycles. The van der Waals surface area contributed by atoms with Crippen molar-refractivity contribution in [2.75, 3.05) is 27.4 Å². The van der Waals surface area contributed by atoms with Crippen LogP contribution in [0.5, 0.6) is 11.5 Å². The number of nitrogens with zero attached hydrogens (tertiary/aromatic N) is 1. The number of morpholine rings is 1. The van der Waals surface area contributed by atoms with Crippen LogP contribution >= 0.6 is 0 Å². The van der Waals surface area contributed by atoms with Crippen LogP contribution in [0.2, 0.25) is 0 Å². The molecule has 2 aliphatic rings. The topological polar surface area (TPSA) is 48.0 Å². The first kappa shape index (κ1) is 19.9. The van der Waals surface area contributed by atoms with E-state index in [-0.39, 0.29) is 5.92 Å². The first-order valence-corrected chi connectivity index (χ1v) is 10.3. The van der Waals surface area contributed by atoms with Crippen molar-refractivity contribution in [3.63, 3.8) is 0 Å². The third-order valence-electron chi connectivity index (χ3n) is 6.12. The number of carbonyl (C=O) groups excluding carboxylic acids is 1. The van der Waals surface area contributed by atoms with Gasteiger partial charge in [0.2, 0.25) is 0 Å². The summed E-state index contributed by atoms with van der Waals surface area (Å²) in [5.74, 6) is 1.82. The summed E-state index contributed by atoms with van der Waals surface area (Å²) in [7, 11) is 3.26. The minimum absolute atomic E-state index is 0.0816. The van der Waals surface area contributed by atoms with E-state index in [4.69, 9.17) is 14.2 Å². The molecule has 2 atom stereocenters. The fraction of sp³-hybridized carbons (Fsp3) is 0.458. The van der Waals surface area contributed by atoms with E-state index in [1.54, 1.807) is 14.2 Å². The van der Waals surface area contributed by atoms with Crippen molar-refractivity contribution in [2.45, 2.75) is 37.9 Å². The lowest BCUT2D eigenvalue weighted by atomic mass is 9.80. The van der Waals surface area contributed by atoms with Gasteiger partial charge in [0.1, 0.15) is 17.3 Å². The van der Waals surface area contributed by atoms with Crippen molar-refractivity contribution < 1.29 is 19.0 Å². The molecule has 2 fully saturated rings. The number of Topliss-reactive ketones (excluding diaryl/α,β-unsaturated/α-hetero) is 1. The van der Waals surface area contributed by atoms with Gasteiger partial charge in [0.05, 0.1) is 27.4 Å². The van der Waals surface area contributed by atoms with Crippen LogP contribution in [0.4, 0.5) is 0 Å². The SMILES string of the molecule is COc1cc(CC(=O)C2CC3COCC(C2)N3Cc2ccccc2)cc(OC)c1. The molecule has 29 heavy (non-hydrogen) atoms. The molecule has 2 heterocycles. The number of rotatable bonds is 7. The zero-order valence-corrected chi connectivity index (χ0v) is 17.2. The number of hydrogen-bond acceptors (Lipinski definition) is 5. The molecule has 5 nitrogen and oxygen atoms in total. The monoisotopic (exact) mass is 395 g/mol. The lowest BCUT2D eigenvalue weighted by molar-refractivity contribution is -0.133. The number of ketones is 1. The molecule has 0 N–H and O–H groups in total. The summed E-state index contributed by atoms with van der Waals surface area (Å²) >= 11 is 0. The fourth-order valence-electron chi connectivity index (χ4n) is 4.62. The number of piperidine rings is 1. The van der Waals surface area contributed by atoms with Crippen molar-refractivity contribution in [2.24, 2.45) is 5.92 Å². The summed E-state index contributed by atoms with van der Waals surface area (Å²) in [5, 5.41) is 0. The van der Waals surface area contributed by atoms with E-state index in [2.05, 4.69) is 29.2 Å². The van der Waals surface area contributed by atoms with Gasteiger partial charge in [-0.2, -0.15) is 0 Å². The summed E-state index contributed by atoms with van der Waals surface area (Å²) < 4.78 is 16.5. The number of ether oxygens (including phenoxy) is 3. The molecule has 5 heteroatoms. The zero-order chi connectivity index (χ0) is 20.2. The van der Waals surface area contributed by atoms with Crippen molar-refractivity contribution in [1.29, 1.82) is 0 Å². The molecule has 2 unspecified atom stereocenters. The number of carbonyl (C=O) groups is 1. The molecule has 2 bridgehead atoms. The Hall–Kier alpha value is -2.37. The first-order valence-electron chi connectivity index (χ1n) is 10.3. The summed E-state index contributed by atoms with van der Waals surface area (Å²) in [6.45, 7) is 2.34. The number of fused-ring (bicyclic) bond motifs is 2. The number of methoxy groups -OCH3 is 2. The van der Waals surface area contributed by atoms with E-state index in [0.717, 1.165) is 36.4 Å². The normalized spacial score (nSPS) is 24.1. The van der Waals surface area contributed by atoms with Gasteiger partial charge < -0.3 is 14.2 Å². The molecule has 0 radical (unpaired) electrons. The summed E-state index contributed by atoms with van der Waals surface area (Å²) in [6.07, 6.45) is 2.14. The van der Waals surface area contributed by atoms with Crippen molar-refractivity contribution in [1.82, 2.24) is 4.90 Å². The van der Waals surface area contributed by atoms with Gasteiger partial charge in [-0.15, -0.1) is 0 Å². The molecular weight excluding hydrogens is 366 g/mol. The maximum absolute atomic E-state index is 13.1. The van der Waals surface area contributed by atoms with Crippen LogP contribution in [0.25, 0.3) is 0 Å². The Morgan fingerprint density at radius 1 is 0.966 bits per heavy atom. The predicted molar refractivity (Wildman–Crippen MR) is 111 cm³/mol. The van der Waals surface area contributed by atoms with Gasteiger partial charge in [-0.1, -0.05) is 30.3 Å². The molecule has 0 amide bonds. The van der Waals surface area contributed by atoms with Crippen LogP contribution in [0.15, 0.2) is 48.5 Å². The van der Waals surface area contributed by atoms with Gasteiger partial charge in [-0.3, -0.25) is 9.69 Å². The Kier molecular flexibility index (Phi) is 6.16. The number of benzene rings is 2. The summed E-state index contributed by atoms with van der Waals surface area (Å²) in [6, 6.07) is 16.8. The van der Waals surface area contributed by atoms with E-state index in [0.29, 0.717) is 37.5 Å². The third kappa shape index (κ3) is 4.62. The molecule has 2 aromatic carbocycles. The molecule has 0 saturated carbocycles. The van der Waals surface area contributed by atoms with Crippen molar-refractivity contribution >= 4 is 5.78 Å². The van der Waals surface area contributed by atoms with Gasteiger partial charge in [0.15, 0.2) is 0 Å². The largest absolute Gasteiger partial charge is 0.497 e. The van der Waals surface area contributed by atoms with E-state index in [1.165, 1.54) is 5.56 Å². The summed E-state index contributed by atoms with van der Waals surface area (Å²) in [5.41, 5.74) is 2.26. The number of hydrogen-bond donors (Lipinski definition) is 0. The van der Waals surface area contributed by atoms with Crippen LogP contribution in [0.3, 0.4) is 0 Å². The molecule has 0 spiro atoms. The average Bonchev–Trinajstić information content (AvgIpc) is 2.73. The summed E-state index contributed by atoms with van der Waals surface area (Å²) in [4.78, 5) is 15.7. The maximum Gasteiger partial charge on any atom is 0.140 e. The van der Waals surface area contributed by atoms with E-state index in [9.17, 15) is 4.79 Å². The minimum Gasteiger partial charge on any atom is -0.497 e. The minimum atomic E-state index is 0.0816. The van der Waals surface area contributed by atoms with Crippen LogP contribution in [-0.4, -0.2) is 50.2 Å². The Morgan fingerprint density at radius 3 is 2.17 bits per heavy atom. The average molecular weight is 395 g/mol. The van der Waals surface area contributed by atoms with Gasteiger partial charge in [-0.25, -0.2) is 0 Å². The maximum atomic E-state index is 13.1. The van der Waals surface area contributed by atoms with Gasteiger partial charge in [-0.05, 0) is 36.1 Å². The first-order chi connectivity index (χ1) is 14.2. The quantitative estimate of drug-likeness (QED) is 0.718. The second kappa shape index (κ2) is 8.97. The highest BCUT2D eigenvalue weighted by Gasteiger charge is 2.41. The van der Waals surface area contributed by atoms with E-state index in [1.807, 2.05) is 24.3 Å². The Balaban J connectivity index is 1.44. The molecule has 0 aromatic heterocycles. The Morgan fingerprint density at radius 2 is 1.59 bits per heavy atom. The standard InChI is InChI=1S/C24H29NO4/c1-27-22-8-18(9-23(13-22)28-2)10-24(26)19-11-20-15-29-16-21(12-19)25(20)14-17-6-4-3-5-7-17/h3-9,13,19-21H,10-12,14-16H2,1-2H3. The Labute approximate surface area is 172 Å². The highest BCUT2D eigenvalue weighted by molar-refractivity contribution is 5.83. The zero-order valence-electron chi connectivity index (χ0n) is 17.2. The second-order valence-corrected chi connectivity index (χ2v) is 8.04. The molecule has 154 valence electrons. The van der Waals surface area contributed by atoms with Gasteiger partial charge >= 0.3 is 0 Å².